The molecule has 2 aromatic carbocycles. The van der Waals surface area contributed by atoms with Gasteiger partial charge >= 0.3 is 0 Å². The fraction of sp³-hybridized carbons (Fsp3) is 0.320. The Bertz CT molecular complexity index is 1300. The number of aromatic nitrogens is 3. The van der Waals surface area contributed by atoms with E-state index in [9.17, 15) is 9.59 Å². The molecule has 0 radical (unpaired) electrons. The highest BCUT2D eigenvalue weighted by Gasteiger charge is 2.14. The highest BCUT2D eigenvalue weighted by atomic mass is 16.2. The second-order valence-corrected chi connectivity index (χ2v) is 8.01. The molecule has 1 N–H and O–H groups in total. The lowest BCUT2D eigenvalue weighted by atomic mass is 10.1. The van der Waals surface area contributed by atoms with Gasteiger partial charge in [0.2, 0.25) is 5.91 Å². The number of para-hydroxylation sites is 2. The van der Waals surface area contributed by atoms with Gasteiger partial charge in [-0.25, -0.2) is 4.98 Å². The van der Waals surface area contributed by atoms with Gasteiger partial charge in [0.15, 0.2) is 0 Å². The van der Waals surface area contributed by atoms with E-state index in [1.807, 2.05) is 31.2 Å². The van der Waals surface area contributed by atoms with E-state index in [2.05, 4.69) is 46.2 Å². The van der Waals surface area contributed by atoms with E-state index in [1.54, 1.807) is 17.6 Å². The van der Waals surface area contributed by atoms with Gasteiger partial charge in [-0.3, -0.25) is 14.2 Å². The molecule has 31 heavy (non-hydrogen) atoms. The zero-order valence-electron chi connectivity index (χ0n) is 18.3. The van der Waals surface area contributed by atoms with Crippen LogP contribution in [0.25, 0.3) is 21.8 Å². The van der Waals surface area contributed by atoms with Crippen molar-refractivity contribution in [1.82, 2.24) is 19.4 Å². The highest BCUT2D eigenvalue weighted by Crippen LogP contribution is 2.22. The van der Waals surface area contributed by atoms with Crippen LogP contribution in [-0.4, -0.2) is 26.1 Å². The maximum absolute atomic E-state index is 12.8. The number of aryl methyl sites for hydroxylation is 2. The van der Waals surface area contributed by atoms with Gasteiger partial charge in [0, 0.05) is 42.7 Å². The van der Waals surface area contributed by atoms with Crippen LogP contribution in [0.4, 0.5) is 0 Å². The molecule has 0 saturated heterocycles. The Hall–Kier alpha value is -3.41. The monoisotopic (exact) mass is 416 g/mol. The molecule has 1 atom stereocenters. The number of hydrogen-bond acceptors (Lipinski definition) is 3. The Balaban J connectivity index is 1.42. The molecule has 1 amide bonds. The van der Waals surface area contributed by atoms with Gasteiger partial charge in [0.1, 0.15) is 5.82 Å². The van der Waals surface area contributed by atoms with Crippen LogP contribution in [0.5, 0.6) is 0 Å². The molecule has 6 heteroatoms. The van der Waals surface area contributed by atoms with Crippen LogP contribution < -0.4 is 10.9 Å². The maximum atomic E-state index is 12.8. The van der Waals surface area contributed by atoms with Crippen molar-refractivity contribution in [3.05, 3.63) is 76.5 Å². The highest BCUT2D eigenvalue weighted by molar-refractivity contribution is 5.84. The second-order valence-electron chi connectivity index (χ2n) is 8.01. The van der Waals surface area contributed by atoms with Crippen LogP contribution in [0.2, 0.25) is 0 Å². The van der Waals surface area contributed by atoms with Crippen molar-refractivity contribution in [3.63, 3.8) is 0 Å². The van der Waals surface area contributed by atoms with Crippen molar-refractivity contribution in [3.8, 4) is 0 Å². The molecule has 4 aromatic rings. The van der Waals surface area contributed by atoms with Gasteiger partial charge < -0.3 is 9.88 Å². The third kappa shape index (κ3) is 4.24. The smallest absolute Gasteiger partial charge is 0.261 e. The number of nitrogens with zero attached hydrogens (tertiary/aromatic N) is 3. The molecule has 0 aliphatic heterocycles. The Morgan fingerprint density at radius 2 is 1.81 bits per heavy atom. The van der Waals surface area contributed by atoms with Crippen LogP contribution in [0.15, 0.2) is 59.5 Å². The Morgan fingerprint density at radius 3 is 2.58 bits per heavy atom. The van der Waals surface area contributed by atoms with Gasteiger partial charge in [-0.1, -0.05) is 30.3 Å². The lowest BCUT2D eigenvalue weighted by Crippen LogP contribution is -2.35. The molecular formula is C25H28N4O2. The fourth-order valence-electron chi connectivity index (χ4n) is 4.23. The summed E-state index contributed by atoms with van der Waals surface area (Å²) in [7, 11) is 0. The van der Waals surface area contributed by atoms with E-state index in [1.165, 1.54) is 16.5 Å². The SMILES string of the molecule is CCn1cc(C[C@H](C)NC(=O)CCn2c(C)nc3ccccc3c2=O)c2ccccc21. The molecule has 2 heterocycles. The zero-order chi connectivity index (χ0) is 22.0. The summed E-state index contributed by atoms with van der Waals surface area (Å²) in [6.45, 7) is 7.18. The standard InChI is InChI=1S/C25H28N4O2/c1-4-28-16-19(20-9-6-8-12-23(20)28)15-17(2)26-24(30)13-14-29-18(3)27-22-11-7-5-10-21(22)25(29)31/h5-12,16-17H,4,13-15H2,1-3H3,(H,26,30)/t17-/m0/s1. The summed E-state index contributed by atoms with van der Waals surface area (Å²) in [6, 6.07) is 15.7. The molecule has 0 saturated carbocycles. The lowest BCUT2D eigenvalue weighted by molar-refractivity contribution is -0.121. The second kappa shape index (κ2) is 8.76. The van der Waals surface area contributed by atoms with E-state index < -0.39 is 0 Å². The Morgan fingerprint density at radius 1 is 1.10 bits per heavy atom. The van der Waals surface area contributed by atoms with E-state index >= 15 is 0 Å². The minimum absolute atomic E-state index is 0.00356. The van der Waals surface area contributed by atoms with E-state index in [0.29, 0.717) is 23.3 Å². The molecule has 2 aromatic heterocycles. The third-order valence-corrected chi connectivity index (χ3v) is 5.76. The van der Waals surface area contributed by atoms with Crippen molar-refractivity contribution in [2.24, 2.45) is 0 Å². The molecule has 0 aliphatic rings. The molecule has 4 rings (SSSR count). The first kappa shape index (κ1) is 20.8. The number of carbonyl (C=O) groups is 1. The molecule has 0 fully saturated rings. The lowest BCUT2D eigenvalue weighted by Gasteiger charge is -2.15. The molecule has 0 bridgehead atoms. The first-order chi connectivity index (χ1) is 15.0. The van der Waals surface area contributed by atoms with Gasteiger partial charge in [0.25, 0.3) is 5.56 Å². The molecular weight excluding hydrogens is 388 g/mol. The predicted octanol–water partition coefficient (Wildman–Crippen LogP) is 3.82. The number of amides is 1. The Labute approximate surface area is 181 Å². The van der Waals surface area contributed by atoms with Gasteiger partial charge in [-0.2, -0.15) is 0 Å². The zero-order valence-corrected chi connectivity index (χ0v) is 18.3. The predicted molar refractivity (Wildman–Crippen MR) is 124 cm³/mol. The minimum Gasteiger partial charge on any atom is -0.353 e. The summed E-state index contributed by atoms with van der Waals surface area (Å²) in [6.07, 6.45) is 3.18. The number of carbonyl (C=O) groups excluding carboxylic acids is 1. The number of fused-ring (bicyclic) bond motifs is 2. The quantitative estimate of drug-likeness (QED) is 0.498. The van der Waals surface area contributed by atoms with Crippen molar-refractivity contribution >= 4 is 27.7 Å². The minimum atomic E-state index is -0.101. The number of rotatable bonds is 7. The van der Waals surface area contributed by atoms with E-state index in [0.717, 1.165) is 13.0 Å². The first-order valence-corrected chi connectivity index (χ1v) is 10.8. The fourth-order valence-corrected chi connectivity index (χ4v) is 4.23. The van der Waals surface area contributed by atoms with Crippen LogP contribution in [0, 0.1) is 6.92 Å². The summed E-state index contributed by atoms with van der Waals surface area (Å²) in [5.41, 5.74) is 3.04. The van der Waals surface area contributed by atoms with Gasteiger partial charge in [-0.15, -0.1) is 0 Å². The summed E-state index contributed by atoms with van der Waals surface area (Å²) >= 11 is 0. The van der Waals surface area contributed by atoms with Crippen molar-refractivity contribution in [2.45, 2.75) is 52.7 Å². The first-order valence-electron chi connectivity index (χ1n) is 10.8. The van der Waals surface area contributed by atoms with E-state index in [4.69, 9.17) is 0 Å². The van der Waals surface area contributed by atoms with Crippen LogP contribution in [0.3, 0.4) is 0 Å². The van der Waals surface area contributed by atoms with E-state index in [-0.39, 0.29) is 23.9 Å². The van der Waals surface area contributed by atoms with Crippen molar-refractivity contribution in [1.29, 1.82) is 0 Å². The average Bonchev–Trinajstić information content (AvgIpc) is 3.11. The largest absolute Gasteiger partial charge is 0.353 e. The molecule has 0 spiro atoms. The molecule has 160 valence electrons. The van der Waals surface area contributed by atoms with Gasteiger partial charge in [0.05, 0.1) is 10.9 Å². The number of hydrogen-bond donors (Lipinski definition) is 1. The summed E-state index contributed by atoms with van der Waals surface area (Å²) in [5.74, 6) is 0.558. The topological polar surface area (TPSA) is 68.9 Å². The Kier molecular flexibility index (Phi) is 5.89. The van der Waals surface area contributed by atoms with Gasteiger partial charge in [-0.05, 0) is 51.0 Å². The molecule has 6 nitrogen and oxygen atoms in total. The third-order valence-electron chi connectivity index (χ3n) is 5.76. The molecule has 0 aliphatic carbocycles. The maximum Gasteiger partial charge on any atom is 0.261 e. The number of benzene rings is 2. The van der Waals surface area contributed by atoms with Crippen molar-refractivity contribution in [2.75, 3.05) is 0 Å². The van der Waals surface area contributed by atoms with Crippen molar-refractivity contribution < 1.29 is 4.79 Å². The van der Waals surface area contributed by atoms with Crippen LogP contribution >= 0.6 is 0 Å². The summed E-state index contributed by atoms with van der Waals surface area (Å²) in [4.78, 5) is 29.8. The normalized spacial score (nSPS) is 12.4. The summed E-state index contributed by atoms with van der Waals surface area (Å²) < 4.78 is 3.82. The molecule has 0 unspecified atom stereocenters. The number of nitrogens with one attached hydrogen (secondary N) is 1. The van der Waals surface area contributed by atoms with Crippen LogP contribution in [0.1, 0.15) is 31.7 Å². The average molecular weight is 417 g/mol. The summed E-state index contributed by atoms with van der Waals surface area (Å²) in [5, 5.41) is 4.89. The van der Waals surface area contributed by atoms with Crippen LogP contribution in [-0.2, 0) is 24.3 Å².